The summed E-state index contributed by atoms with van der Waals surface area (Å²) in [5, 5.41) is 24.2. The lowest BCUT2D eigenvalue weighted by atomic mass is 10.1. The molecule has 0 aliphatic heterocycles. The van der Waals surface area contributed by atoms with Crippen LogP contribution in [-0.2, 0) is 4.79 Å². The molecule has 1 aromatic rings. The summed E-state index contributed by atoms with van der Waals surface area (Å²) in [5.74, 6) is -1.61. The van der Waals surface area contributed by atoms with Crippen LogP contribution in [0.5, 0.6) is 0 Å². The number of nitrogens with zero attached hydrogens (tertiary/aromatic N) is 1. The molecule has 0 heterocycles. The molecule has 0 bridgehead atoms. The summed E-state index contributed by atoms with van der Waals surface area (Å²) < 4.78 is 0. The molecule has 8 nitrogen and oxygen atoms in total. The predicted molar refractivity (Wildman–Crippen MR) is 71.5 cm³/mol. The number of carbonyl (C=O) groups is 2. The van der Waals surface area contributed by atoms with Gasteiger partial charge in [-0.15, -0.1) is 0 Å². The highest BCUT2D eigenvalue weighted by Crippen LogP contribution is 2.15. The molecule has 1 unspecified atom stereocenters. The zero-order valence-corrected chi connectivity index (χ0v) is 10.8. The Morgan fingerprint density at radius 3 is 2.40 bits per heavy atom. The molecule has 0 aliphatic carbocycles. The van der Waals surface area contributed by atoms with Crippen molar-refractivity contribution in [2.24, 2.45) is 5.92 Å². The van der Waals surface area contributed by atoms with Gasteiger partial charge in [-0.25, -0.2) is 4.79 Å². The fourth-order valence-corrected chi connectivity index (χ4v) is 1.46. The van der Waals surface area contributed by atoms with Crippen molar-refractivity contribution < 1.29 is 19.6 Å². The van der Waals surface area contributed by atoms with Crippen molar-refractivity contribution in [3.63, 3.8) is 0 Å². The van der Waals surface area contributed by atoms with E-state index in [1.54, 1.807) is 6.92 Å². The summed E-state index contributed by atoms with van der Waals surface area (Å²) in [5.41, 5.74) is 0.310. The van der Waals surface area contributed by atoms with Crippen LogP contribution in [0.2, 0.25) is 0 Å². The summed E-state index contributed by atoms with van der Waals surface area (Å²) in [4.78, 5) is 32.2. The molecule has 0 fully saturated rings. The van der Waals surface area contributed by atoms with Crippen molar-refractivity contribution in [1.29, 1.82) is 0 Å². The summed E-state index contributed by atoms with van der Waals surface area (Å²) in [6.07, 6.45) is 0.410. The molecule has 0 spiro atoms. The third kappa shape index (κ3) is 4.56. The van der Waals surface area contributed by atoms with Gasteiger partial charge in [0.25, 0.3) is 5.69 Å². The highest BCUT2D eigenvalue weighted by atomic mass is 16.6. The number of nitro benzene ring substituents is 1. The summed E-state index contributed by atoms with van der Waals surface area (Å²) >= 11 is 0. The van der Waals surface area contributed by atoms with Crippen LogP contribution in [-0.4, -0.2) is 28.6 Å². The number of nitro groups is 1. The lowest BCUT2D eigenvalue weighted by Crippen LogP contribution is -2.35. The van der Waals surface area contributed by atoms with Crippen molar-refractivity contribution in [1.82, 2.24) is 5.32 Å². The van der Waals surface area contributed by atoms with E-state index in [0.29, 0.717) is 12.1 Å². The van der Waals surface area contributed by atoms with Crippen molar-refractivity contribution in [3.8, 4) is 0 Å². The van der Waals surface area contributed by atoms with Crippen LogP contribution in [0, 0.1) is 16.0 Å². The van der Waals surface area contributed by atoms with Crippen LogP contribution in [0.4, 0.5) is 16.2 Å². The number of hydrogen-bond acceptors (Lipinski definition) is 4. The fourth-order valence-electron chi connectivity index (χ4n) is 1.46. The van der Waals surface area contributed by atoms with Gasteiger partial charge in [-0.3, -0.25) is 14.9 Å². The zero-order valence-electron chi connectivity index (χ0n) is 10.8. The van der Waals surface area contributed by atoms with E-state index < -0.39 is 22.8 Å². The number of benzene rings is 1. The predicted octanol–water partition coefficient (Wildman–Crippen LogP) is 1.83. The number of aliphatic carboxylic acids is 1. The number of hydrogen-bond donors (Lipinski definition) is 3. The number of carboxylic acid groups (broad SMARTS) is 1. The van der Waals surface area contributed by atoms with Crippen molar-refractivity contribution in [2.45, 2.75) is 13.3 Å². The van der Waals surface area contributed by atoms with E-state index in [1.807, 2.05) is 0 Å². The van der Waals surface area contributed by atoms with Crippen molar-refractivity contribution >= 4 is 23.4 Å². The normalized spacial score (nSPS) is 11.4. The second kappa shape index (κ2) is 7.07. The summed E-state index contributed by atoms with van der Waals surface area (Å²) in [6.45, 7) is 1.74. The molecule has 1 aromatic carbocycles. The van der Waals surface area contributed by atoms with E-state index in [0.717, 1.165) is 0 Å². The number of urea groups is 1. The molecule has 8 heteroatoms. The minimum atomic E-state index is -0.969. The second-order valence-corrected chi connectivity index (χ2v) is 4.08. The Balaban J connectivity index is 2.50. The Hall–Kier alpha value is -2.64. The molecule has 1 rings (SSSR count). The minimum absolute atomic E-state index is 0.0185. The fraction of sp³-hybridized carbons (Fsp3) is 0.333. The molecular formula is C12H15N3O5. The highest BCUT2D eigenvalue weighted by molar-refractivity contribution is 5.89. The molecule has 0 saturated heterocycles. The molecular weight excluding hydrogens is 266 g/mol. The minimum Gasteiger partial charge on any atom is -0.481 e. The lowest BCUT2D eigenvalue weighted by Gasteiger charge is -2.11. The number of carbonyl (C=O) groups excluding carboxylic acids is 1. The maximum Gasteiger partial charge on any atom is 0.319 e. The van der Waals surface area contributed by atoms with Crippen LogP contribution >= 0.6 is 0 Å². The molecule has 3 N–H and O–H groups in total. The van der Waals surface area contributed by atoms with E-state index in [-0.39, 0.29) is 12.2 Å². The van der Waals surface area contributed by atoms with E-state index >= 15 is 0 Å². The maximum absolute atomic E-state index is 11.5. The van der Waals surface area contributed by atoms with Gasteiger partial charge in [0.1, 0.15) is 0 Å². The van der Waals surface area contributed by atoms with Gasteiger partial charge in [0.05, 0.1) is 10.8 Å². The molecule has 2 amide bonds. The Morgan fingerprint density at radius 2 is 1.95 bits per heavy atom. The van der Waals surface area contributed by atoms with E-state index in [9.17, 15) is 19.7 Å². The number of carboxylic acids is 1. The molecule has 20 heavy (non-hydrogen) atoms. The lowest BCUT2D eigenvalue weighted by molar-refractivity contribution is -0.384. The number of amides is 2. The number of anilines is 1. The third-order valence-electron chi connectivity index (χ3n) is 2.69. The summed E-state index contributed by atoms with van der Waals surface area (Å²) in [6, 6.07) is 4.76. The first-order chi connectivity index (χ1) is 9.43. The van der Waals surface area contributed by atoms with Crippen LogP contribution in [0.3, 0.4) is 0 Å². The van der Waals surface area contributed by atoms with Gasteiger partial charge in [-0.1, -0.05) is 6.92 Å². The van der Waals surface area contributed by atoms with Crippen LogP contribution in [0.25, 0.3) is 0 Å². The van der Waals surface area contributed by atoms with Gasteiger partial charge >= 0.3 is 12.0 Å². The van der Waals surface area contributed by atoms with Gasteiger partial charge in [0, 0.05) is 24.4 Å². The van der Waals surface area contributed by atoms with Crippen LogP contribution in [0.15, 0.2) is 24.3 Å². The molecule has 108 valence electrons. The smallest absolute Gasteiger partial charge is 0.319 e. The van der Waals surface area contributed by atoms with Crippen LogP contribution in [0.1, 0.15) is 13.3 Å². The Labute approximate surface area is 114 Å². The van der Waals surface area contributed by atoms with E-state index in [2.05, 4.69) is 10.6 Å². The standard InChI is InChI=1S/C12H15N3O5/c1-2-8(11(16)17)7-13-12(18)14-9-3-5-10(6-4-9)15(19)20/h3-6,8H,2,7H2,1H3,(H,16,17)(H2,13,14,18). The monoisotopic (exact) mass is 281 g/mol. The second-order valence-electron chi connectivity index (χ2n) is 4.08. The first kappa shape index (κ1) is 15.4. The number of nitrogens with one attached hydrogen (secondary N) is 2. The molecule has 0 aliphatic rings. The van der Waals surface area contributed by atoms with E-state index in [1.165, 1.54) is 24.3 Å². The number of non-ortho nitro benzene ring substituents is 1. The van der Waals surface area contributed by atoms with Gasteiger partial charge < -0.3 is 15.7 Å². The van der Waals surface area contributed by atoms with Gasteiger partial charge in [-0.2, -0.15) is 0 Å². The molecule has 0 aromatic heterocycles. The average Bonchev–Trinajstić information content (AvgIpc) is 2.39. The van der Waals surface area contributed by atoms with Gasteiger partial charge in [0.15, 0.2) is 0 Å². The Kier molecular flexibility index (Phi) is 5.45. The first-order valence-corrected chi connectivity index (χ1v) is 5.96. The summed E-state index contributed by atoms with van der Waals surface area (Å²) in [7, 11) is 0. The first-order valence-electron chi connectivity index (χ1n) is 5.96. The highest BCUT2D eigenvalue weighted by Gasteiger charge is 2.15. The maximum atomic E-state index is 11.5. The van der Waals surface area contributed by atoms with E-state index in [4.69, 9.17) is 5.11 Å². The van der Waals surface area contributed by atoms with Gasteiger partial charge in [0.2, 0.25) is 0 Å². The zero-order chi connectivity index (χ0) is 15.1. The van der Waals surface area contributed by atoms with Crippen LogP contribution < -0.4 is 10.6 Å². The average molecular weight is 281 g/mol. The quantitative estimate of drug-likeness (QED) is 0.542. The topological polar surface area (TPSA) is 122 Å². The SMILES string of the molecule is CCC(CNC(=O)Nc1ccc([N+](=O)[O-])cc1)C(=O)O. The largest absolute Gasteiger partial charge is 0.481 e. The Morgan fingerprint density at radius 1 is 1.35 bits per heavy atom. The molecule has 1 atom stereocenters. The van der Waals surface area contributed by atoms with Crippen molar-refractivity contribution in [3.05, 3.63) is 34.4 Å². The molecule has 0 radical (unpaired) electrons. The van der Waals surface area contributed by atoms with Gasteiger partial charge in [-0.05, 0) is 18.6 Å². The molecule has 0 saturated carbocycles. The Bertz CT molecular complexity index is 500. The van der Waals surface area contributed by atoms with Crippen molar-refractivity contribution in [2.75, 3.05) is 11.9 Å². The third-order valence-corrected chi connectivity index (χ3v) is 2.69. The number of rotatable bonds is 6.